The van der Waals surface area contributed by atoms with Crippen LogP contribution in [0.25, 0.3) is 10.2 Å². The number of thiophene rings is 2. The number of aryl methyl sites for hydroxylation is 1. The number of anilines is 1. The van der Waals surface area contributed by atoms with Gasteiger partial charge in [0.05, 0.1) is 29.5 Å². The van der Waals surface area contributed by atoms with E-state index in [9.17, 15) is 14.4 Å². The van der Waals surface area contributed by atoms with Crippen LogP contribution in [0.4, 0.5) is 5.00 Å². The van der Waals surface area contributed by atoms with Crippen molar-refractivity contribution in [3.05, 3.63) is 62.5 Å². The standard InChI is InChI=1S/C20H18N4O4S3/c1-2-12-8-14-18(31-12)23-20(24(19(14)27)9-11-4-3-6-28-11)30-10-15(25)22-17-13(16(21)26)5-7-29-17/h3-8H,2,9-10H2,1H3,(H2,21,26)(H,22,25). The second-order valence-corrected chi connectivity index (χ2v) is 9.49. The Balaban J connectivity index is 1.60. The number of carbonyl (C=O) groups excluding carboxylic acids is 2. The zero-order valence-corrected chi connectivity index (χ0v) is 18.9. The van der Waals surface area contributed by atoms with Crippen LogP contribution in [-0.2, 0) is 17.8 Å². The van der Waals surface area contributed by atoms with Crippen molar-refractivity contribution in [1.82, 2.24) is 9.55 Å². The third-order valence-electron chi connectivity index (χ3n) is 4.43. The number of fused-ring (bicyclic) bond motifs is 1. The molecule has 0 saturated heterocycles. The number of primary amides is 1. The molecule has 31 heavy (non-hydrogen) atoms. The largest absolute Gasteiger partial charge is 0.467 e. The number of nitrogens with zero attached hydrogens (tertiary/aromatic N) is 2. The summed E-state index contributed by atoms with van der Waals surface area (Å²) < 4.78 is 6.92. The van der Waals surface area contributed by atoms with Gasteiger partial charge in [-0.05, 0) is 36.1 Å². The monoisotopic (exact) mass is 474 g/mol. The molecule has 0 aromatic carbocycles. The molecule has 0 fully saturated rings. The lowest BCUT2D eigenvalue weighted by Gasteiger charge is -2.11. The van der Waals surface area contributed by atoms with Gasteiger partial charge in [-0.15, -0.1) is 22.7 Å². The topological polar surface area (TPSA) is 120 Å². The van der Waals surface area contributed by atoms with Gasteiger partial charge in [0.15, 0.2) is 5.16 Å². The highest BCUT2D eigenvalue weighted by Gasteiger charge is 2.18. The summed E-state index contributed by atoms with van der Waals surface area (Å²) in [6.07, 6.45) is 2.36. The van der Waals surface area contributed by atoms with Crippen molar-refractivity contribution in [2.45, 2.75) is 25.0 Å². The highest BCUT2D eigenvalue weighted by molar-refractivity contribution is 7.99. The molecule has 0 aliphatic heterocycles. The van der Waals surface area contributed by atoms with Gasteiger partial charge in [-0.1, -0.05) is 18.7 Å². The van der Waals surface area contributed by atoms with Gasteiger partial charge >= 0.3 is 0 Å². The minimum Gasteiger partial charge on any atom is -0.467 e. The van der Waals surface area contributed by atoms with E-state index in [4.69, 9.17) is 10.2 Å². The van der Waals surface area contributed by atoms with Crippen LogP contribution in [0.3, 0.4) is 0 Å². The summed E-state index contributed by atoms with van der Waals surface area (Å²) >= 11 is 3.85. The summed E-state index contributed by atoms with van der Waals surface area (Å²) in [6, 6.07) is 6.97. The fourth-order valence-corrected chi connectivity index (χ4v) is 5.54. The molecule has 2 amide bonds. The van der Waals surface area contributed by atoms with E-state index in [1.807, 2.05) is 13.0 Å². The minimum atomic E-state index is -0.604. The van der Waals surface area contributed by atoms with E-state index in [-0.39, 0.29) is 29.3 Å². The van der Waals surface area contributed by atoms with Crippen molar-refractivity contribution in [3.63, 3.8) is 0 Å². The van der Waals surface area contributed by atoms with E-state index >= 15 is 0 Å². The maximum absolute atomic E-state index is 13.1. The Labute approximate surface area is 189 Å². The molecule has 4 rings (SSSR count). The number of amides is 2. The maximum atomic E-state index is 13.1. The molecule has 4 aromatic heterocycles. The molecular weight excluding hydrogens is 456 g/mol. The Morgan fingerprint density at radius 2 is 2.19 bits per heavy atom. The van der Waals surface area contributed by atoms with Crippen LogP contribution in [0.2, 0.25) is 0 Å². The van der Waals surface area contributed by atoms with Gasteiger partial charge in [0.2, 0.25) is 5.91 Å². The predicted octanol–water partition coefficient (Wildman–Crippen LogP) is 3.55. The molecule has 0 spiro atoms. The van der Waals surface area contributed by atoms with Gasteiger partial charge in [-0.2, -0.15) is 0 Å². The van der Waals surface area contributed by atoms with Crippen molar-refractivity contribution in [1.29, 1.82) is 0 Å². The van der Waals surface area contributed by atoms with Crippen molar-refractivity contribution in [2.24, 2.45) is 5.73 Å². The molecule has 3 N–H and O–H groups in total. The first-order valence-electron chi connectivity index (χ1n) is 9.31. The number of nitrogens with one attached hydrogen (secondary N) is 1. The maximum Gasteiger partial charge on any atom is 0.263 e. The van der Waals surface area contributed by atoms with Crippen LogP contribution in [0.15, 0.2) is 50.3 Å². The van der Waals surface area contributed by atoms with Gasteiger partial charge in [-0.3, -0.25) is 19.0 Å². The first-order chi connectivity index (χ1) is 15.0. The minimum absolute atomic E-state index is 0.0121. The Kier molecular flexibility index (Phi) is 6.25. The number of nitrogens with two attached hydrogens (primary N) is 1. The fraction of sp³-hybridized carbons (Fsp3) is 0.200. The summed E-state index contributed by atoms with van der Waals surface area (Å²) in [7, 11) is 0. The number of furan rings is 1. The highest BCUT2D eigenvalue weighted by atomic mass is 32.2. The Hall–Kier alpha value is -2.89. The first-order valence-corrected chi connectivity index (χ1v) is 12.0. The van der Waals surface area contributed by atoms with Crippen LogP contribution in [0, 0.1) is 0 Å². The molecule has 11 heteroatoms. The quantitative estimate of drug-likeness (QED) is 0.298. The molecule has 0 atom stereocenters. The number of hydrogen-bond acceptors (Lipinski definition) is 8. The summed E-state index contributed by atoms with van der Waals surface area (Å²) in [6.45, 7) is 2.24. The van der Waals surface area contributed by atoms with Crippen molar-refractivity contribution < 1.29 is 14.0 Å². The smallest absolute Gasteiger partial charge is 0.263 e. The Morgan fingerprint density at radius 1 is 1.35 bits per heavy atom. The second kappa shape index (κ2) is 9.08. The average molecular weight is 475 g/mol. The Bertz CT molecular complexity index is 1300. The van der Waals surface area contributed by atoms with Crippen molar-refractivity contribution in [3.8, 4) is 0 Å². The van der Waals surface area contributed by atoms with Gasteiger partial charge < -0.3 is 15.5 Å². The van der Waals surface area contributed by atoms with Crippen LogP contribution in [-0.4, -0.2) is 27.1 Å². The van der Waals surface area contributed by atoms with Crippen LogP contribution >= 0.6 is 34.4 Å². The molecule has 160 valence electrons. The van der Waals surface area contributed by atoms with Crippen molar-refractivity contribution >= 4 is 61.5 Å². The normalized spacial score (nSPS) is 11.1. The van der Waals surface area contributed by atoms with E-state index in [2.05, 4.69) is 10.3 Å². The number of aromatic nitrogens is 2. The van der Waals surface area contributed by atoms with Crippen LogP contribution < -0.4 is 16.6 Å². The fourth-order valence-electron chi connectivity index (χ4n) is 2.92. The molecule has 4 heterocycles. The molecule has 0 bridgehead atoms. The van der Waals surface area contributed by atoms with E-state index in [1.54, 1.807) is 29.8 Å². The lowest BCUT2D eigenvalue weighted by molar-refractivity contribution is -0.113. The lowest BCUT2D eigenvalue weighted by Crippen LogP contribution is -2.24. The molecule has 0 aliphatic rings. The number of carbonyl (C=O) groups is 2. The Morgan fingerprint density at radius 3 is 2.90 bits per heavy atom. The predicted molar refractivity (Wildman–Crippen MR) is 123 cm³/mol. The lowest BCUT2D eigenvalue weighted by atomic mass is 10.3. The van der Waals surface area contributed by atoms with E-state index in [1.165, 1.54) is 27.2 Å². The zero-order chi connectivity index (χ0) is 22.0. The van der Waals surface area contributed by atoms with Gasteiger partial charge in [0.1, 0.15) is 15.6 Å². The molecule has 0 unspecified atom stereocenters. The molecule has 0 saturated carbocycles. The third kappa shape index (κ3) is 4.58. The number of thioether (sulfide) groups is 1. The van der Waals surface area contributed by atoms with E-state index < -0.39 is 5.91 Å². The van der Waals surface area contributed by atoms with E-state index in [0.717, 1.165) is 23.1 Å². The highest BCUT2D eigenvalue weighted by Crippen LogP contribution is 2.27. The molecule has 8 nitrogen and oxygen atoms in total. The molecule has 0 aliphatic carbocycles. The molecule has 0 radical (unpaired) electrons. The number of hydrogen-bond donors (Lipinski definition) is 2. The van der Waals surface area contributed by atoms with Crippen LogP contribution in [0.5, 0.6) is 0 Å². The van der Waals surface area contributed by atoms with E-state index in [0.29, 0.717) is 26.1 Å². The summed E-state index contributed by atoms with van der Waals surface area (Å²) in [5.74, 6) is -0.300. The summed E-state index contributed by atoms with van der Waals surface area (Å²) in [4.78, 5) is 43.4. The van der Waals surface area contributed by atoms with Gasteiger partial charge in [-0.25, -0.2) is 4.98 Å². The number of rotatable bonds is 8. The van der Waals surface area contributed by atoms with Crippen LogP contribution in [0.1, 0.15) is 27.9 Å². The van der Waals surface area contributed by atoms with Gasteiger partial charge in [0.25, 0.3) is 11.5 Å². The molecule has 4 aromatic rings. The van der Waals surface area contributed by atoms with Crippen molar-refractivity contribution in [2.75, 3.05) is 11.1 Å². The van der Waals surface area contributed by atoms with Gasteiger partial charge in [0, 0.05) is 4.88 Å². The SMILES string of the molecule is CCc1cc2c(=O)n(Cc3ccco3)c(SCC(=O)Nc3sccc3C(N)=O)nc2s1. The summed E-state index contributed by atoms with van der Waals surface area (Å²) in [5.41, 5.74) is 5.42. The average Bonchev–Trinajstić information content (AvgIpc) is 3.49. The zero-order valence-electron chi connectivity index (χ0n) is 16.4. The second-order valence-electron chi connectivity index (χ2n) is 6.51. The third-order valence-corrected chi connectivity index (χ3v) is 7.41. The first kappa shape index (κ1) is 21.3. The summed E-state index contributed by atoms with van der Waals surface area (Å²) in [5, 5.41) is 5.77. The molecular formula is C20H18N4O4S3.